The van der Waals surface area contributed by atoms with E-state index in [1.165, 1.54) is 25.7 Å². The number of hydrogen-bond acceptors (Lipinski definition) is 0. The molecule has 0 aromatic heterocycles. The Morgan fingerprint density at radius 1 is 0.600 bits per heavy atom. The van der Waals surface area contributed by atoms with E-state index in [0.29, 0.717) is 0 Å². The molecule has 0 bridgehead atoms. The minimum atomic E-state index is 0. The molecular weight excluding hydrogens is 120 g/mol. The first kappa shape index (κ1) is 6.69. The number of fused-ring (bicyclic) bond motifs is 1. The highest BCUT2D eigenvalue weighted by atomic mass is 14.3. The molecular formula is C10H19+. The predicted molar refractivity (Wildman–Crippen MR) is 45.0 cm³/mol. The standard InChI is InChI=1S/C10H18/c1-2-6-10-8-4-3-7-9(10)5-1/h9-10H,1-8H2/p+1. The third-order valence-corrected chi connectivity index (χ3v) is 3.47. The van der Waals surface area contributed by atoms with Gasteiger partial charge in [-0.1, -0.05) is 51.4 Å². The van der Waals surface area contributed by atoms with Gasteiger partial charge in [-0.2, -0.15) is 0 Å². The summed E-state index contributed by atoms with van der Waals surface area (Å²) in [5.74, 6) is 2.31. The third-order valence-electron chi connectivity index (χ3n) is 3.47. The molecule has 0 unspecified atom stereocenters. The van der Waals surface area contributed by atoms with E-state index in [1.54, 1.807) is 25.7 Å². The van der Waals surface area contributed by atoms with Crippen LogP contribution in [0.3, 0.4) is 0 Å². The van der Waals surface area contributed by atoms with Crippen LogP contribution >= 0.6 is 0 Å². The molecule has 2 aliphatic rings. The van der Waals surface area contributed by atoms with Crippen LogP contribution in [0.25, 0.3) is 0 Å². The van der Waals surface area contributed by atoms with Crippen molar-refractivity contribution in [3.05, 3.63) is 0 Å². The van der Waals surface area contributed by atoms with Gasteiger partial charge in [0.15, 0.2) is 0 Å². The van der Waals surface area contributed by atoms with Gasteiger partial charge in [0, 0.05) is 0 Å². The zero-order valence-corrected chi connectivity index (χ0v) is 6.81. The summed E-state index contributed by atoms with van der Waals surface area (Å²) in [5, 5.41) is 0. The van der Waals surface area contributed by atoms with Crippen LogP contribution in [-0.2, 0) is 0 Å². The molecule has 0 radical (unpaired) electrons. The predicted octanol–water partition coefficient (Wildman–Crippen LogP) is 3.48. The molecule has 2 saturated carbocycles. The molecule has 0 N–H and O–H groups in total. The molecule has 0 aromatic carbocycles. The van der Waals surface area contributed by atoms with Gasteiger partial charge in [-0.15, -0.1) is 0 Å². The quantitative estimate of drug-likeness (QED) is 0.482. The molecule has 10 heavy (non-hydrogen) atoms. The summed E-state index contributed by atoms with van der Waals surface area (Å²) in [4.78, 5) is 0. The average molecular weight is 139 g/mol. The van der Waals surface area contributed by atoms with Crippen LogP contribution in [0.1, 0.15) is 52.8 Å². The van der Waals surface area contributed by atoms with Gasteiger partial charge in [0.1, 0.15) is 0 Å². The topological polar surface area (TPSA) is 0 Å². The van der Waals surface area contributed by atoms with Gasteiger partial charge in [0.25, 0.3) is 0 Å². The summed E-state index contributed by atoms with van der Waals surface area (Å²) in [6.07, 6.45) is 12.4. The Labute approximate surface area is 65.5 Å². The van der Waals surface area contributed by atoms with Crippen molar-refractivity contribution in [3.8, 4) is 0 Å². The summed E-state index contributed by atoms with van der Waals surface area (Å²) >= 11 is 0. The van der Waals surface area contributed by atoms with Crippen LogP contribution in [0.15, 0.2) is 0 Å². The maximum Gasteiger partial charge on any atom is 1.00 e. The lowest BCUT2D eigenvalue weighted by molar-refractivity contribution is 0.171. The Morgan fingerprint density at radius 2 is 0.900 bits per heavy atom. The second kappa shape index (κ2) is 2.94. The molecule has 0 nitrogen and oxygen atoms in total. The fraction of sp³-hybridized carbons (Fsp3) is 1.00. The van der Waals surface area contributed by atoms with Crippen LogP contribution in [0.4, 0.5) is 0 Å². The Morgan fingerprint density at radius 3 is 1.20 bits per heavy atom. The van der Waals surface area contributed by atoms with Gasteiger partial charge in [0.05, 0.1) is 0 Å². The molecule has 0 saturated heterocycles. The van der Waals surface area contributed by atoms with Crippen LogP contribution in [0, 0.1) is 11.8 Å². The van der Waals surface area contributed by atoms with Gasteiger partial charge in [0.2, 0.25) is 0 Å². The van der Waals surface area contributed by atoms with Crippen molar-refractivity contribution in [1.82, 2.24) is 0 Å². The highest BCUT2D eigenvalue weighted by Crippen LogP contribution is 2.39. The lowest BCUT2D eigenvalue weighted by Crippen LogP contribution is -2.22. The Hall–Kier alpha value is 0. The van der Waals surface area contributed by atoms with Crippen LogP contribution in [0.5, 0.6) is 0 Å². The lowest BCUT2D eigenvalue weighted by atomic mass is 9.71. The van der Waals surface area contributed by atoms with Crippen molar-refractivity contribution in [2.75, 3.05) is 0 Å². The maximum absolute atomic E-state index is 1.56. The molecule has 0 amide bonds. The first-order chi connectivity index (χ1) is 4.97. The summed E-state index contributed by atoms with van der Waals surface area (Å²) in [6, 6.07) is 0. The fourth-order valence-corrected chi connectivity index (χ4v) is 2.86. The zero-order valence-electron chi connectivity index (χ0n) is 7.81. The van der Waals surface area contributed by atoms with E-state index in [0.717, 1.165) is 11.8 Å². The third kappa shape index (κ3) is 1.21. The summed E-state index contributed by atoms with van der Waals surface area (Å²) in [5.41, 5.74) is 0. The number of hydrogen-bond donors (Lipinski definition) is 0. The van der Waals surface area contributed by atoms with E-state index >= 15 is 0 Å². The van der Waals surface area contributed by atoms with E-state index in [1.807, 2.05) is 0 Å². The zero-order chi connectivity index (χ0) is 6.81. The molecule has 0 aliphatic heterocycles. The van der Waals surface area contributed by atoms with Gasteiger partial charge < -0.3 is 0 Å². The van der Waals surface area contributed by atoms with Crippen LogP contribution < -0.4 is 0 Å². The summed E-state index contributed by atoms with van der Waals surface area (Å²) in [7, 11) is 0. The first-order valence-electron chi connectivity index (χ1n) is 4.97. The summed E-state index contributed by atoms with van der Waals surface area (Å²) in [6.45, 7) is 0. The van der Waals surface area contributed by atoms with E-state index in [4.69, 9.17) is 0 Å². The minimum absolute atomic E-state index is 0. The number of rotatable bonds is 0. The van der Waals surface area contributed by atoms with Gasteiger partial charge in [-0.25, -0.2) is 0 Å². The van der Waals surface area contributed by atoms with E-state index in [2.05, 4.69) is 0 Å². The lowest BCUT2D eigenvalue weighted by Gasteiger charge is -2.35. The molecule has 2 rings (SSSR count). The first-order valence-corrected chi connectivity index (χ1v) is 4.97. The molecule has 0 aromatic rings. The highest BCUT2D eigenvalue weighted by molar-refractivity contribution is 4.78. The van der Waals surface area contributed by atoms with E-state index < -0.39 is 0 Å². The van der Waals surface area contributed by atoms with E-state index in [9.17, 15) is 0 Å². The monoisotopic (exact) mass is 139 g/mol. The smallest absolute Gasteiger partial charge is 0.0530 e. The van der Waals surface area contributed by atoms with Crippen molar-refractivity contribution < 1.29 is 1.43 Å². The van der Waals surface area contributed by atoms with Crippen molar-refractivity contribution in [2.24, 2.45) is 11.8 Å². The molecule has 0 spiro atoms. The maximum atomic E-state index is 1.56. The molecule has 0 heterocycles. The van der Waals surface area contributed by atoms with Crippen molar-refractivity contribution >= 4 is 0 Å². The van der Waals surface area contributed by atoms with Crippen molar-refractivity contribution in [2.45, 2.75) is 51.4 Å². The summed E-state index contributed by atoms with van der Waals surface area (Å²) < 4.78 is 0. The molecule has 2 fully saturated rings. The molecule has 0 atom stereocenters. The average Bonchev–Trinajstić information content (AvgIpc) is 2.05. The van der Waals surface area contributed by atoms with Crippen LogP contribution in [-0.4, -0.2) is 0 Å². The van der Waals surface area contributed by atoms with Gasteiger partial charge in [-0.3, -0.25) is 0 Å². The largest absolute Gasteiger partial charge is 1.00 e. The minimum Gasteiger partial charge on any atom is -0.0530 e. The van der Waals surface area contributed by atoms with Gasteiger partial charge in [-0.05, 0) is 11.8 Å². The molecule has 58 valence electrons. The van der Waals surface area contributed by atoms with Crippen LogP contribution in [0.2, 0.25) is 0 Å². The van der Waals surface area contributed by atoms with E-state index in [-0.39, 0.29) is 1.43 Å². The highest BCUT2D eigenvalue weighted by Gasteiger charge is 2.26. The Bertz CT molecular complexity index is 85.4. The van der Waals surface area contributed by atoms with Crippen molar-refractivity contribution in [1.29, 1.82) is 0 Å². The second-order valence-electron chi connectivity index (χ2n) is 4.09. The fourth-order valence-electron chi connectivity index (χ4n) is 2.86. The Balaban J connectivity index is 0.000000605. The molecule has 0 heteroatoms. The SMILES string of the molecule is C1CCC2CCCCC2C1.[H+]. The Kier molecular flexibility index (Phi) is 1.97. The molecule has 2 aliphatic carbocycles. The van der Waals surface area contributed by atoms with Gasteiger partial charge >= 0.3 is 1.43 Å². The van der Waals surface area contributed by atoms with Crippen molar-refractivity contribution in [3.63, 3.8) is 0 Å². The second-order valence-corrected chi connectivity index (χ2v) is 4.09. The normalized spacial score (nSPS) is 40.8.